The number of benzene rings is 1. The maximum absolute atomic E-state index is 12.8. The average Bonchev–Trinajstić information content (AvgIpc) is 3.28. The molecular formula is C19H15N3O2S2. The van der Waals surface area contributed by atoms with Crippen LogP contribution in [0.4, 0.5) is 0 Å². The molecule has 0 atom stereocenters. The molecule has 26 heavy (non-hydrogen) atoms. The quantitative estimate of drug-likeness (QED) is 0.500. The van der Waals surface area contributed by atoms with Gasteiger partial charge in [-0.2, -0.15) is 5.10 Å². The second kappa shape index (κ2) is 6.59. The smallest absolute Gasteiger partial charge is 0.291 e. The van der Waals surface area contributed by atoms with Crippen LogP contribution in [0, 0.1) is 13.8 Å². The number of thiazole rings is 1. The fraction of sp³-hybridized carbons (Fsp3) is 0.158. The normalized spacial score (nSPS) is 11.2. The number of aromatic nitrogens is 3. The Balaban J connectivity index is 1.88. The van der Waals surface area contributed by atoms with Gasteiger partial charge >= 0.3 is 0 Å². The summed E-state index contributed by atoms with van der Waals surface area (Å²) in [5, 5.41) is 7.16. The molecule has 0 unspecified atom stereocenters. The summed E-state index contributed by atoms with van der Waals surface area (Å²) in [6.07, 6.45) is 0. The van der Waals surface area contributed by atoms with Crippen molar-refractivity contribution in [3.8, 4) is 11.3 Å². The molecule has 0 amide bonds. The third-order valence-electron chi connectivity index (χ3n) is 4.02. The van der Waals surface area contributed by atoms with Crippen molar-refractivity contribution in [1.29, 1.82) is 0 Å². The minimum Gasteiger partial charge on any atom is -0.291 e. The standard InChI is InChI=1S/C19H15N3O2S2/c1-11-5-7-13(8-6-11)16-18-17(20-12(2)26-18)19(24)22(21-16)10-14(23)15-4-3-9-25-15/h3-9H,10H2,1-2H3. The lowest BCUT2D eigenvalue weighted by Gasteiger charge is -2.08. The second-order valence-corrected chi connectivity index (χ2v) is 8.14. The van der Waals surface area contributed by atoms with Crippen molar-refractivity contribution < 1.29 is 4.79 Å². The Bertz CT molecular complexity index is 1160. The predicted molar refractivity (Wildman–Crippen MR) is 105 cm³/mol. The van der Waals surface area contributed by atoms with Crippen molar-refractivity contribution in [3.05, 3.63) is 67.6 Å². The van der Waals surface area contributed by atoms with E-state index in [9.17, 15) is 9.59 Å². The number of rotatable bonds is 4. The van der Waals surface area contributed by atoms with Crippen LogP contribution in [-0.2, 0) is 6.54 Å². The molecule has 3 aromatic heterocycles. The Hall–Kier alpha value is -2.64. The SMILES string of the molecule is Cc1ccc(-c2nn(CC(=O)c3cccs3)c(=O)c3nc(C)sc23)cc1. The van der Waals surface area contributed by atoms with Crippen LogP contribution >= 0.6 is 22.7 Å². The monoisotopic (exact) mass is 381 g/mol. The lowest BCUT2D eigenvalue weighted by molar-refractivity contribution is 0.0970. The summed E-state index contributed by atoms with van der Waals surface area (Å²) in [6.45, 7) is 3.79. The molecule has 0 aliphatic rings. The number of aryl methyl sites for hydroxylation is 2. The first-order chi connectivity index (χ1) is 12.5. The summed E-state index contributed by atoms with van der Waals surface area (Å²) in [5.74, 6) is -0.129. The maximum Gasteiger partial charge on any atom is 0.294 e. The topological polar surface area (TPSA) is 64.8 Å². The molecule has 0 spiro atoms. The fourth-order valence-electron chi connectivity index (χ4n) is 2.72. The van der Waals surface area contributed by atoms with Gasteiger partial charge in [-0.3, -0.25) is 9.59 Å². The second-order valence-electron chi connectivity index (χ2n) is 5.99. The highest BCUT2D eigenvalue weighted by Gasteiger charge is 2.18. The summed E-state index contributed by atoms with van der Waals surface area (Å²) < 4.78 is 2.00. The van der Waals surface area contributed by atoms with Gasteiger partial charge in [0.15, 0.2) is 11.3 Å². The summed E-state index contributed by atoms with van der Waals surface area (Å²) in [6, 6.07) is 11.5. The number of carbonyl (C=O) groups is 1. The van der Waals surface area contributed by atoms with E-state index in [2.05, 4.69) is 10.1 Å². The van der Waals surface area contributed by atoms with Gasteiger partial charge in [0.1, 0.15) is 12.2 Å². The van der Waals surface area contributed by atoms with Crippen LogP contribution in [0.2, 0.25) is 0 Å². The largest absolute Gasteiger partial charge is 0.294 e. The van der Waals surface area contributed by atoms with E-state index >= 15 is 0 Å². The molecule has 130 valence electrons. The van der Waals surface area contributed by atoms with Crippen LogP contribution in [0.15, 0.2) is 46.6 Å². The first-order valence-corrected chi connectivity index (χ1v) is 9.74. The minimum absolute atomic E-state index is 0.0925. The van der Waals surface area contributed by atoms with Gasteiger partial charge < -0.3 is 0 Å². The van der Waals surface area contributed by atoms with Crippen LogP contribution in [0.1, 0.15) is 20.2 Å². The van der Waals surface area contributed by atoms with E-state index in [0.717, 1.165) is 20.8 Å². The molecule has 0 radical (unpaired) electrons. The van der Waals surface area contributed by atoms with Crippen molar-refractivity contribution in [3.63, 3.8) is 0 Å². The maximum atomic E-state index is 12.8. The first kappa shape index (κ1) is 16.8. The van der Waals surface area contributed by atoms with Crippen molar-refractivity contribution in [2.24, 2.45) is 0 Å². The van der Waals surface area contributed by atoms with Gasteiger partial charge in [-0.1, -0.05) is 35.9 Å². The Kier molecular flexibility index (Phi) is 4.26. The molecule has 4 rings (SSSR count). The molecule has 0 saturated carbocycles. The molecule has 0 fully saturated rings. The molecular weight excluding hydrogens is 366 g/mol. The minimum atomic E-state index is -0.329. The van der Waals surface area contributed by atoms with E-state index in [-0.39, 0.29) is 17.9 Å². The van der Waals surface area contributed by atoms with E-state index in [1.165, 1.54) is 27.4 Å². The van der Waals surface area contributed by atoms with E-state index in [1.54, 1.807) is 6.07 Å². The molecule has 0 saturated heterocycles. The third kappa shape index (κ3) is 3.00. The Morgan fingerprint density at radius 1 is 1.15 bits per heavy atom. The van der Waals surface area contributed by atoms with Crippen LogP contribution in [0.3, 0.4) is 0 Å². The van der Waals surface area contributed by atoms with Gasteiger partial charge in [-0.05, 0) is 25.3 Å². The Labute approximate surface area is 157 Å². The molecule has 3 heterocycles. The van der Waals surface area contributed by atoms with Crippen LogP contribution in [-0.4, -0.2) is 20.5 Å². The Morgan fingerprint density at radius 3 is 2.62 bits per heavy atom. The summed E-state index contributed by atoms with van der Waals surface area (Å²) in [4.78, 5) is 30.2. The van der Waals surface area contributed by atoms with E-state index in [4.69, 9.17) is 0 Å². The van der Waals surface area contributed by atoms with Crippen LogP contribution < -0.4 is 5.56 Å². The number of carbonyl (C=O) groups excluding carboxylic acids is 1. The lowest BCUT2D eigenvalue weighted by atomic mass is 10.1. The van der Waals surface area contributed by atoms with Gasteiger partial charge in [0.05, 0.1) is 14.6 Å². The molecule has 0 bridgehead atoms. The molecule has 1 aromatic carbocycles. The number of nitrogens with zero attached hydrogens (tertiary/aromatic N) is 3. The van der Waals surface area contributed by atoms with E-state index in [1.807, 2.05) is 49.6 Å². The highest BCUT2D eigenvalue weighted by Crippen LogP contribution is 2.29. The summed E-state index contributed by atoms with van der Waals surface area (Å²) in [5.41, 5.74) is 2.78. The fourth-order valence-corrected chi connectivity index (χ4v) is 4.30. The Morgan fingerprint density at radius 2 is 1.92 bits per heavy atom. The number of thiophene rings is 1. The number of ketones is 1. The van der Waals surface area contributed by atoms with Gasteiger partial charge in [0, 0.05) is 5.56 Å². The third-order valence-corrected chi connectivity index (χ3v) is 5.91. The molecule has 0 N–H and O–H groups in total. The highest BCUT2D eigenvalue weighted by molar-refractivity contribution is 7.19. The van der Waals surface area contributed by atoms with Crippen molar-refractivity contribution >= 4 is 38.7 Å². The molecule has 5 nitrogen and oxygen atoms in total. The zero-order valence-corrected chi connectivity index (χ0v) is 15.9. The molecule has 4 aromatic rings. The number of fused-ring (bicyclic) bond motifs is 1. The van der Waals surface area contributed by atoms with Gasteiger partial charge in [-0.15, -0.1) is 22.7 Å². The number of hydrogen-bond acceptors (Lipinski definition) is 6. The van der Waals surface area contributed by atoms with E-state index in [0.29, 0.717) is 16.1 Å². The van der Waals surface area contributed by atoms with Crippen molar-refractivity contribution in [2.45, 2.75) is 20.4 Å². The van der Waals surface area contributed by atoms with Crippen molar-refractivity contribution in [2.75, 3.05) is 0 Å². The molecule has 0 aliphatic heterocycles. The van der Waals surface area contributed by atoms with Gasteiger partial charge in [-0.25, -0.2) is 9.67 Å². The van der Waals surface area contributed by atoms with Crippen LogP contribution in [0.25, 0.3) is 21.5 Å². The highest BCUT2D eigenvalue weighted by atomic mass is 32.1. The first-order valence-electron chi connectivity index (χ1n) is 8.05. The van der Waals surface area contributed by atoms with Crippen molar-refractivity contribution in [1.82, 2.24) is 14.8 Å². The number of Topliss-reactive ketones (excluding diaryl/α,β-unsaturated/α-hetero) is 1. The molecule has 7 heteroatoms. The average molecular weight is 381 g/mol. The zero-order valence-electron chi connectivity index (χ0n) is 14.2. The summed E-state index contributed by atoms with van der Waals surface area (Å²) >= 11 is 2.81. The van der Waals surface area contributed by atoms with E-state index < -0.39 is 0 Å². The van der Waals surface area contributed by atoms with Crippen LogP contribution in [0.5, 0.6) is 0 Å². The predicted octanol–water partition coefficient (Wildman–Crippen LogP) is 4.08. The zero-order chi connectivity index (χ0) is 18.3. The van der Waals surface area contributed by atoms with Gasteiger partial charge in [0.25, 0.3) is 5.56 Å². The van der Waals surface area contributed by atoms with Gasteiger partial charge in [0.2, 0.25) is 0 Å². The molecule has 0 aliphatic carbocycles. The lowest BCUT2D eigenvalue weighted by Crippen LogP contribution is -2.27. The summed E-state index contributed by atoms with van der Waals surface area (Å²) in [7, 11) is 0. The number of hydrogen-bond donors (Lipinski definition) is 0.